The van der Waals surface area contributed by atoms with Gasteiger partial charge >= 0.3 is 0 Å². The van der Waals surface area contributed by atoms with Gasteiger partial charge in [-0.25, -0.2) is 4.39 Å². The molecule has 0 aliphatic rings. The number of hydrogen-bond donors (Lipinski definition) is 1. The molecule has 5 nitrogen and oxygen atoms in total. The molecule has 0 aliphatic heterocycles. The average Bonchev–Trinajstić information content (AvgIpc) is 2.88. The van der Waals surface area contributed by atoms with Crippen LogP contribution in [0.25, 0.3) is 0 Å². The van der Waals surface area contributed by atoms with E-state index in [1.165, 1.54) is 12.1 Å². The Kier molecular flexibility index (Phi) is 5.52. The number of aryl methyl sites for hydroxylation is 1. The van der Waals surface area contributed by atoms with E-state index in [-0.39, 0.29) is 24.2 Å². The van der Waals surface area contributed by atoms with Crippen LogP contribution in [0.15, 0.2) is 34.9 Å². The van der Waals surface area contributed by atoms with Crippen molar-refractivity contribution in [1.82, 2.24) is 10.5 Å². The monoisotopic (exact) mass is 306 g/mol. The summed E-state index contributed by atoms with van der Waals surface area (Å²) in [7, 11) is 0. The Balaban J connectivity index is 1.81. The second-order valence-electron chi connectivity index (χ2n) is 5.02. The van der Waals surface area contributed by atoms with Gasteiger partial charge in [0.15, 0.2) is 0 Å². The number of halogens is 1. The van der Waals surface area contributed by atoms with Gasteiger partial charge in [-0.1, -0.05) is 18.1 Å². The van der Waals surface area contributed by atoms with Gasteiger partial charge in [-0.2, -0.15) is 0 Å². The number of amides is 1. The first-order valence-corrected chi connectivity index (χ1v) is 7.18. The highest BCUT2D eigenvalue weighted by Gasteiger charge is 2.12. The molecule has 2 aromatic rings. The number of hydrogen-bond acceptors (Lipinski definition) is 4. The maximum absolute atomic E-state index is 13.1. The third-order valence-electron chi connectivity index (χ3n) is 3.10. The molecule has 0 radical (unpaired) electrons. The topological polar surface area (TPSA) is 64.4 Å². The number of carbonyl (C=O) groups is 1. The molecule has 1 aromatic heterocycles. The summed E-state index contributed by atoms with van der Waals surface area (Å²) in [5.74, 6) is 0.615. The number of carbonyl (C=O) groups excluding carboxylic acids is 1. The average molecular weight is 306 g/mol. The summed E-state index contributed by atoms with van der Waals surface area (Å²) < 4.78 is 23.7. The fraction of sp³-hybridized carbons (Fsp3) is 0.375. The van der Waals surface area contributed by atoms with Crippen LogP contribution in [-0.2, 0) is 11.2 Å². The van der Waals surface area contributed by atoms with E-state index in [1.807, 2.05) is 6.92 Å². The van der Waals surface area contributed by atoms with Gasteiger partial charge in [0.2, 0.25) is 5.91 Å². The van der Waals surface area contributed by atoms with Crippen LogP contribution in [0, 0.1) is 12.7 Å². The van der Waals surface area contributed by atoms with Crippen LogP contribution < -0.4 is 10.1 Å². The van der Waals surface area contributed by atoms with Crippen molar-refractivity contribution < 1.29 is 18.4 Å². The van der Waals surface area contributed by atoms with Crippen LogP contribution >= 0.6 is 0 Å². The van der Waals surface area contributed by atoms with Crippen LogP contribution in [0.4, 0.5) is 4.39 Å². The van der Waals surface area contributed by atoms with E-state index in [1.54, 1.807) is 25.1 Å². The van der Waals surface area contributed by atoms with Crippen LogP contribution in [0.2, 0.25) is 0 Å². The second-order valence-corrected chi connectivity index (χ2v) is 5.02. The fourth-order valence-electron chi connectivity index (χ4n) is 1.96. The summed E-state index contributed by atoms with van der Waals surface area (Å²) in [6, 6.07) is 7.67. The SMILES string of the molecule is CC[C@@H](CNC(=O)Cc1cc(C)on1)Oc1cccc(F)c1. The number of aromatic nitrogens is 1. The molecule has 118 valence electrons. The maximum atomic E-state index is 13.1. The summed E-state index contributed by atoms with van der Waals surface area (Å²) in [6.07, 6.45) is 0.637. The lowest BCUT2D eigenvalue weighted by atomic mass is 10.2. The van der Waals surface area contributed by atoms with Gasteiger partial charge in [0, 0.05) is 12.1 Å². The lowest BCUT2D eigenvalue weighted by Gasteiger charge is -2.18. The molecule has 1 atom stereocenters. The molecule has 2 rings (SSSR count). The quantitative estimate of drug-likeness (QED) is 0.854. The van der Waals surface area contributed by atoms with Crippen molar-refractivity contribution in [2.75, 3.05) is 6.54 Å². The number of rotatable bonds is 7. The molecule has 0 saturated carbocycles. The molecule has 0 unspecified atom stereocenters. The molecule has 1 aromatic carbocycles. The van der Waals surface area contributed by atoms with E-state index in [2.05, 4.69) is 10.5 Å². The molecule has 1 N–H and O–H groups in total. The summed E-state index contributed by atoms with van der Waals surface area (Å²) in [4.78, 5) is 11.8. The highest BCUT2D eigenvalue weighted by molar-refractivity contribution is 5.78. The molecule has 0 fully saturated rings. The molecule has 1 heterocycles. The molecule has 22 heavy (non-hydrogen) atoms. The van der Waals surface area contributed by atoms with Gasteiger partial charge in [0.1, 0.15) is 23.4 Å². The number of ether oxygens (including phenoxy) is 1. The van der Waals surface area contributed by atoms with Gasteiger partial charge < -0.3 is 14.6 Å². The zero-order chi connectivity index (χ0) is 15.9. The van der Waals surface area contributed by atoms with Crippen molar-refractivity contribution >= 4 is 5.91 Å². The number of nitrogens with one attached hydrogen (secondary N) is 1. The molecule has 0 aliphatic carbocycles. The molecule has 1 amide bonds. The summed E-state index contributed by atoms with van der Waals surface area (Å²) >= 11 is 0. The van der Waals surface area contributed by atoms with Crippen LogP contribution in [0.3, 0.4) is 0 Å². The van der Waals surface area contributed by atoms with E-state index in [0.717, 1.165) is 0 Å². The number of nitrogens with zero attached hydrogens (tertiary/aromatic N) is 1. The molecule has 0 bridgehead atoms. The lowest BCUT2D eigenvalue weighted by Crippen LogP contribution is -2.35. The second kappa shape index (κ2) is 7.59. The summed E-state index contributed by atoms with van der Waals surface area (Å²) in [5, 5.41) is 6.56. The zero-order valence-electron chi connectivity index (χ0n) is 12.6. The van der Waals surface area contributed by atoms with Crippen LogP contribution in [0.5, 0.6) is 5.75 Å². The van der Waals surface area contributed by atoms with Crippen molar-refractivity contribution in [1.29, 1.82) is 0 Å². The maximum Gasteiger partial charge on any atom is 0.226 e. The van der Waals surface area contributed by atoms with Crippen molar-refractivity contribution in [2.45, 2.75) is 32.8 Å². The minimum absolute atomic E-state index is 0.158. The van der Waals surface area contributed by atoms with Crippen molar-refractivity contribution in [3.63, 3.8) is 0 Å². The third-order valence-corrected chi connectivity index (χ3v) is 3.10. The highest BCUT2D eigenvalue weighted by Crippen LogP contribution is 2.14. The molecule has 0 spiro atoms. The first-order chi connectivity index (χ1) is 10.6. The Hall–Kier alpha value is -2.37. The fourth-order valence-corrected chi connectivity index (χ4v) is 1.96. The van der Waals surface area contributed by atoms with E-state index < -0.39 is 0 Å². The van der Waals surface area contributed by atoms with Crippen molar-refractivity contribution in [3.8, 4) is 5.75 Å². The highest BCUT2D eigenvalue weighted by atomic mass is 19.1. The van der Waals surface area contributed by atoms with Crippen molar-refractivity contribution in [2.24, 2.45) is 0 Å². The third kappa shape index (κ3) is 4.87. The van der Waals surface area contributed by atoms with Gasteiger partial charge in [-0.3, -0.25) is 4.79 Å². The largest absolute Gasteiger partial charge is 0.489 e. The minimum atomic E-state index is -0.349. The standard InChI is InChI=1S/C16H19FN2O3/c1-3-14(21-15-6-4-5-12(17)8-15)10-18-16(20)9-13-7-11(2)22-19-13/h4-8,14H,3,9-10H2,1-2H3,(H,18,20)/t14-/m0/s1. The summed E-state index contributed by atoms with van der Waals surface area (Å²) in [6.45, 7) is 4.06. The first-order valence-electron chi connectivity index (χ1n) is 7.18. The smallest absolute Gasteiger partial charge is 0.226 e. The Morgan fingerprint density at radius 3 is 2.91 bits per heavy atom. The zero-order valence-corrected chi connectivity index (χ0v) is 12.6. The van der Waals surface area contributed by atoms with E-state index in [0.29, 0.717) is 30.2 Å². The van der Waals surface area contributed by atoms with Gasteiger partial charge in [-0.15, -0.1) is 0 Å². The Labute approximate surface area is 128 Å². The molecular weight excluding hydrogens is 287 g/mol. The van der Waals surface area contributed by atoms with E-state index in [4.69, 9.17) is 9.26 Å². The normalized spacial score (nSPS) is 12.0. The van der Waals surface area contributed by atoms with Crippen molar-refractivity contribution in [3.05, 3.63) is 47.6 Å². The number of benzene rings is 1. The van der Waals surface area contributed by atoms with Gasteiger partial charge in [0.25, 0.3) is 0 Å². The van der Waals surface area contributed by atoms with E-state index >= 15 is 0 Å². The Morgan fingerprint density at radius 1 is 1.45 bits per heavy atom. The summed E-state index contributed by atoms with van der Waals surface area (Å²) in [5.41, 5.74) is 0.592. The first kappa shape index (κ1) is 16.0. The predicted molar refractivity (Wildman–Crippen MR) is 79.1 cm³/mol. The lowest BCUT2D eigenvalue weighted by molar-refractivity contribution is -0.120. The molecule has 6 heteroatoms. The van der Waals surface area contributed by atoms with Crippen LogP contribution in [0.1, 0.15) is 24.8 Å². The van der Waals surface area contributed by atoms with Crippen LogP contribution in [-0.4, -0.2) is 23.7 Å². The minimum Gasteiger partial charge on any atom is -0.489 e. The molecular formula is C16H19FN2O3. The van der Waals surface area contributed by atoms with E-state index in [9.17, 15) is 9.18 Å². The van der Waals surface area contributed by atoms with Gasteiger partial charge in [0.05, 0.1) is 18.7 Å². The Morgan fingerprint density at radius 2 is 2.27 bits per heavy atom. The predicted octanol–water partition coefficient (Wildman–Crippen LogP) is 2.64. The Bertz CT molecular complexity index is 627. The molecule has 0 saturated heterocycles. The van der Waals surface area contributed by atoms with Gasteiger partial charge in [-0.05, 0) is 25.5 Å².